The molecule has 21 heavy (non-hydrogen) atoms. The summed E-state index contributed by atoms with van der Waals surface area (Å²) in [6.45, 7) is 3.94. The maximum absolute atomic E-state index is 11.1. The predicted molar refractivity (Wildman–Crippen MR) is 80.6 cm³/mol. The molecular formula is C15H17ClN2O3. The number of halogens is 1. The third-order valence-corrected chi connectivity index (χ3v) is 3.36. The fourth-order valence-corrected chi connectivity index (χ4v) is 2.33. The van der Waals surface area contributed by atoms with Crippen LogP contribution in [0.5, 0.6) is 5.88 Å². The van der Waals surface area contributed by atoms with Gasteiger partial charge in [0.15, 0.2) is 0 Å². The Hall–Kier alpha value is -2.01. The van der Waals surface area contributed by atoms with Gasteiger partial charge in [-0.3, -0.25) is 4.79 Å². The van der Waals surface area contributed by atoms with Crippen LogP contribution in [0.15, 0.2) is 24.3 Å². The molecule has 6 heteroatoms. The standard InChI is InChI=1S/C15H17ClN2O3/c1-9(2)14-12(8-13(19)20)15(21-3)18(17-14)11-6-4-10(16)5-7-11/h4-7,9H,8H2,1-3H3,(H,19,20). The first-order valence-corrected chi connectivity index (χ1v) is 6.95. The fraction of sp³-hybridized carbons (Fsp3) is 0.333. The third kappa shape index (κ3) is 3.19. The Labute approximate surface area is 128 Å². The van der Waals surface area contributed by atoms with E-state index < -0.39 is 5.97 Å². The summed E-state index contributed by atoms with van der Waals surface area (Å²) in [7, 11) is 1.51. The Morgan fingerprint density at radius 1 is 1.38 bits per heavy atom. The molecule has 112 valence electrons. The summed E-state index contributed by atoms with van der Waals surface area (Å²) >= 11 is 5.89. The highest BCUT2D eigenvalue weighted by molar-refractivity contribution is 6.30. The molecule has 1 heterocycles. The van der Waals surface area contributed by atoms with E-state index in [1.165, 1.54) is 7.11 Å². The lowest BCUT2D eigenvalue weighted by Crippen LogP contribution is -2.05. The van der Waals surface area contributed by atoms with Gasteiger partial charge < -0.3 is 9.84 Å². The molecule has 2 rings (SSSR count). The third-order valence-electron chi connectivity index (χ3n) is 3.11. The van der Waals surface area contributed by atoms with Gasteiger partial charge in [-0.2, -0.15) is 5.10 Å². The van der Waals surface area contributed by atoms with Crippen LogP contribution in [0, 0.1) is 0 Å². The molecule has 0 radical (unpaired) electrons. The molecule has 0 bridgehead atoms. The second-order valence-corrected chi connectivity index (χ2v) is 5.42. The van der Waals surface area contributed by atoms with Crippen LogP contribution in [0.1, 0.15) is 31.0 Å². The van der Waals surface area contributed by atoms with Crippen molar-refractivity contribution >= 4 is 17.6 Å². The van der Waals surface area contributed by atoms with Crippen molar-refractivity contribution in [1.29, 1.82) is 0 Å². The lowest BCUT2D eigenvalue weighted by atomic mass is 10.0. The van der Waals surface area contributed by atoms with Crippen molar-refractivity contribution in [3.8, 4) is 11.6 Å². The van der Waals surface area contributed by atoms with E-state index in [1.807, 2.05) is 26.0 Å². The summed E-state index contributed by atoms with van der Waals surface area (Å²) in [4.78, 5) is 11.1. The van der Waals surface area contributed by atoms with E-state index >= 15 is 0 Å². The van der Waals surface area contributed by atoms with E-state index in [2.05, 4.69) is 5.10 Å². The van der Waals surface area contributed by atoms with Crippen LogP contribution < -0.4 is 4.74 Å². The van der Waals surface area contributed by atoms with Crippen LogP contribution in [0.4, 0.5) is 0 Å². The maximum Gasteiger partial charge on any atom is 0.308 e. The summed E-state index contributed by atoms with van der Waals surface area (Å²) < 4.78 is 7.01. The molecule has 1 aromatic heterocycles. The molecule has 0 fully saturated rings. The average Bonchev–Trinajstić information content (AvgIpc) is 2.77. The highest BCUT2D eigenvalue weighted by atomic mass is 35.5. The molecule has 0 atom stereocenters. The van der Waals surface area contributed by atoms with Crippen LogP contribution in [0.3, 0.4) is 0 Å². The zero-order chi connectivity index (χ0) is 15.6. The number of carbonyl (C=O) groups is 1. The molecule has 0 saturated heterocycles. The van der Waals surface area contributed by atoms with Crippen LogP contribution in [-0.2, 0) is 11.2 Å². The second kappa shape index (κ2) is 6.18. The summed E-state index contributed by atoms with van der Waals surface area (Å²) in [5, 5.41) is 14.2. The number of methoxy groups -OCH3 is 1. The normalized spacial score (nSPS) is 10.9. The van der Waals surface area contributed by atoms with Crippen molar-refractivity contribution in [1.82, 2.24) is 9.78 Å². The van der Waals surface area contributed by atoms with Gasteiger partial charge in [0.1, 0.15) is 0 Å². The number of aliphatic carboxylic acids is 1. The van der Waals surface area contributed by atoms with Gasteiger partial charge in [-0.15, -0.1) is 0 Å². The summed E-state index contributed by atoms with van der Waals surface area (Å²) in [6.07, 6.45) is -0.121. The van der Waals surface area contributed by atoms with Crippen LogP contribution in [-0.4, -0.2) is 28.0 Å². The molecule has 5 nitrogen and oxygen atoms in total. The Balaban J connectivity index is 2.60. The number of benzene rings is 1. The van der Waals surface area contributed by atoms with E-state index in [1.54, 1.807) is 16.8 Å². The Morgan fingerprint density at radius 2 is 2.00 bits per heavy atom. The number of aromatic nitrogens is 2. The smallest absolute Gasteiger partial charge is 0.308 e. The highest BCUT2D eigenvalue weighted by Gasteiger charge is 2.23. The summed E-state index contributed by atoms with van der Waals surface area (Å²) in [5.41, 5.74) is 2.11. The summed E-state index contributed by atoms with van der Waals surface area (Å²) in [6, 6.07) is 7.13. The van der Waals surface area contributed by atoms with Gasteiger partial charge >= 0.3 is 5.97 Å². The molecule has 0 spiro atoms. The largest absolute Gasteiger partial charge is 0.481 e. The average molecular weight is 309 g/mol. The number of hydrogen-bond acceptors (Lipinski definition) is 3. The molecule has 0 aliphatic heterocycles. The van der Waals surface area contributed by atoms with Crippen molar-refractivity contribution in [2.45, 2.75) is 26.2 Å². The molecular weight excluding hydrogens is 292 g/mol. The first-order chi connectivity index (χ1) is 9.93. The quantitative estimate of drug-likeness (QED) is 0.920. The van der Waals surface area contributed by atoms with Gasteiger partial charge in [0, 0.05) is 10.6 Å². The monoisotopic (exact) mass is 308 g/mol. The van der Waals surface area contributed by atoms with Crippen molar-refractivity contribution in [2.75, 3.05) is 7.11 Å². The minimum absolute atomic E-state index is 0.0989. The number of hydrogen-bond donors (Lipinski definition) is 1. The van der Waals surface area contributed by atoms with Crippen molar-refractivity contribution in [2.24, 2.45) is 0 Å². The van der Waals surface area contributed by atoms with Gasteiger partial charge in [-0.05, 0) is 30.2 Å². The minimum atomic E-state index is -0.911. The zero-order valence-electron chi connectivity index (χ0n) is 12.1. The topological polar surface area (TPSA) is 64.3 Å². The van der Waals surface area contributed by atoms with Crippen molar-refractivity contribution in [3.05, 3.63) is 40.5 Å². The molecule has 1 aromatic carbocycles. The fourth-order valence-electron chi connectivity index (χ4n) is 2.20. The Morgan fingerprint density at radius 3 is 2.48 bits per heavy atom. The first-order valence-electron chi connectivity index (χ1n) is 6.57. The van der Waals surface area contributed by atoms with E-state index in [0.717, 1.165) is 11.4 Å². The number of rotatable bonds is 5. The van der Waals surface area contributed by atoms with E-state index in [9.17, 15) is 4.79 Å². The van der Waals surface area contributed by atoms with Gasteiger partial charge in [0.25, 0.3) is 0 Å². The number of nitrogens with zero attached hydrogens (tertiary/aromatic N) is 2. The van der Waals surface area contributed by atoms with Gasteiger partial charge in [0.2, 0.25) is 5.88 Å². The zero-order valence-corrected chi connectivity index (χ0v) is 12.9. The van der Waals surface area contributed by atoms with Crippen LogP contribution in [0.25, 0.3) is 5.69 Å². The van der Waals surface area contributed by atoms with Crippen LogP contribution in [0.2, 0.25) is 5.02 Å². The molecule has 0 aliphatic rings. The van der Waals surface area contributed by atoms with E-state index in [-0.39, 0.29) is 12.3 Å². The number of carboxylic acids is 1. The first kappa shape index (κ1) is 15.4. The minimum Gasteiger partial charge on any atom is -0.481 e. The van der Waals surface area contributed by atoms with Crippen LogP contribution >= 0.6 is 11.6 Å². The SMILES string of the molecule is COc1c(CC(=O)O)c(C(C)C)nn1-c1ccc(Cl)cc1. The van der Waals surface area contributed by atoms with E-state index in [4.69, 9.17) is 21.4 Å². The number of ether oxygens (including phenoxy) is 1. The Kier molecular flexibility index (Phi) is 4.53. The lowest BCUT2D eigenvalue weighted by Gasteiger charge is -2.07. The second-order valence-electron chi connectivity index (χ2n) is 4.99. The molecule has 0 amide bonds. The van der Waals surface area contributed by atoms with Crippen molar-refractivity contribution in [3.63, 3.8) is 0 Å². The molecule has 0 unspecified atom stereocenters. The maximum atomic E-state index is 11.1. The predicted octanol–water partition coefficient (Wildman–Crippen LogP) is 3.28. The molecule has 0 aliphatic carbocycles. The molecule has 2 aromatic rings. The Bertz CT molecular complexity index is 648. The lowest BCUT2D eigenvalue weighted by molar-refractivity contribution is -0.136. The molecule has 0 saturated carbocycles. The highest BCUT2D eigenvalue weighted by Crippen LogP contribution is 2.31. The van der Waals surface area contributed by atoms with Crippen molar-refractivity contribution < 1.29 is 14.6 Å². The number of carboxylic acid groups (broad SMARTS) is 1. The molecule has 1 N–H and O–H groups in total. The van der Waals surface area contributed by atoms with Gasteiger partial charge in [0.05, 0.1) is 24.9 Å². The van der Waals surface area contributed by atoms with Gasteiger partial charge in [-0.25, -0.2) is 4.68 Å². The van der Waals surface area contributed by atoms with E-state index in [0.29, 0.717) is 16.5 Å². The van der Waals surface area contributed by atoms with Gasteiger partial charge in [-0.1, -0.05) is 25.4 Å². The summed E-state index contributed by atoms with van der Waals surface area (Å²) in [5.74, 6) is -0.365.